The Balaban J connectivity index is 2.25. The van der Waals surface area contributed by atoms with Crippen LogP contribution in [0.5, 0.6) is 0 Å². The molecule has 0 fully saturated rings. The summed E-state index contributed by atoms with van der Waals surface area (Å²) >= 11 is 0. The molecule has 7 heteroatoms. The van der Waals surface area contributed by atoms with E-state index in [1.807, 2.05) is 60.7 Å². The van der Waals surface area contributed by atoms with Crippen LogP contribution in [0.1, 0.15) is 0 Å². The van der Waals surface area contributed by atoms with Crippen LogP contribution < -0.4 is 5.14 Å². The van der Waals surface area contributed by atoms with E-state index >= 15 is 0 Å². The molecule has 0 aliphatic rings. The van der Waals surface area contributed by atoms with Crippen LogP contribution in [0.15, 0.2) is 65.8 Å². The Bertz CT molecular complexity index is 802. The summed E-state index contributed by atoms with van der Waals surface area (Å²) in [6.07, 6.45) is 0. The molecule has 21 heavy (non-hydrogen) atoms. The van der Waals surface area contributed by atoms with Gasteiger partial charge in [-0.15, -0.1) is 5.10 Å². The Morgan fingerprint density at radius 3 is 2.05 bits per heavy atom. The molecule has 0 saturated carbocycles. The van der Waals surface area contributed by atoms with Crippen LogP contribution in [0.4, 0.5) is 0 Å². The molecule has 1 aromatic heterocycles. The number of hydrogen-bond donors (Lipinski definition) is 1. The first-order valence-electron chi connectivity index (χ1n) is 6.16. The van der Waals surface area contributed by atoms with Gasteiger partial charge < -0.3 is 0 Å². The zero-order valence-electron chi connectivity index (χ0n) is 10.9. The second-order valence-corrected chi connectivity index (χ2v) is 5.83. The number of primary sulfonamides is 1. The molecule has 0 amide bonds. The zero-order chi connectivity index (χ0) is 14.9. The van der Waals surface area contributed by atoms with Gasteiger partial charge in [-0.3, -0.25) is 0 Å². The maximum atomic E-state index is 11.5. The van der Waals surface area contributed by atoms with Crippen molar-refractivity contribution >= 4 is 10.0 Å². The lowest BCUT2D eigenvalue weighted by Crippen LogP contribution is -2.14. The number of benzene rings is 2. The average molecular weight is 300 g/mol. The third-order valence-electron chi connectivity index (χ3n) is 2.87. The molecule has 0 aliphatic carbocycles. The van der Waals surface area contributed by atoms with Crippen molar-refractivity contribution in [3.63, 3.8) is 0 Å². The third kappa shape index (κ3) is 2.69. The molecule has 0 radical (unpaired) electrons. The van der Waals surface area contributed by atoms with Crippen molar-refractivity contribution in [2.24, 2.45) is 5.14 Å². The van der Waals surface area contributed by atoms with E-state index in [9.17, 15) is 8.42 Å². The van der Waals surface area contributed by atoms with E-state index in [0.29, 0.717) is 11.5 Å². The number of nitrogens with two attached hydrogens (primary N) is 1. The normalized spacial score (nSPS) is 11.5. The number of sulfonamides is 1. The summed E-state index contributed by atoms with van der Waals surface area (Å²) in [4.78, 5) is 4.07. The fourth-order valence-electron chi connectivity index (χ4n) is 1.94. The first-order valence-corrected chi connectivity index (χ1v) is 7.71. The zero-order valence-corrected chi connectivity index (χ0v) is 11.7. The second-order valence-electron chi connectivity index (χ2n) is 4.38. The van der Waals surface area contributed by atoms with Gasteiger partial charge in [0.05, 0.1) is 5.69 Å². The molecule has 2 N–H and O–H groups in total. The molecule has 1 heterocycles. The Morgan fingerprint density at radius 1 is 0.905 bits per heavy atom. The van der Waals surface area contributed by atoms with E-state index in [2.05, 4.69) is 10.1 Å². The number of para-hydroxylation sites is 1. The van der Waals surface area contributed by atoms with Gasteiger partial charge in [-0.05, 0) is 12.1 Å². The maximum Gasteiger partial charge on any atom is 0.282 e. The van der Waals surface area contributed by atoms with Crippen molar-refractivity contribution in [1.29, 1.82) is 0 Å². The van der Waals surface area contributed by atoms with Crippen LogP contribution in [0.25, 0.3) is 17.1 Å². The summed E-state index contributed by atoms with van der Waals surface area (Å²) in [6.45, 7) is 0. The Labute approximate surface area is 121 Å². The standard InChI is InChI=1S/C14H12N4O2S/c15-21(19,20)14-16-13(11-7-3-1-4-8-11)18(17-14)12-9-5-2-6-10-12/h1-10H,(H2,15,19,20). The van der Waals surface area contributed by atoms with Gasteiger partial charge in [-0.1, -0.05) is 48.5 Å². The smallest absolute Gasteiger partial charge is 0.222 e. The summed E-state index contributed by atoms with van der Waals surface area (Å²) in [7, 11) is -3.96. The Hall–Kier alpha value is -2.51. The highest BCUT2D eigenvalue weighted by Gasteiger charge is 2.20. The van der Waals surface area contributed by atoms with Crippen molar-refractivity contribution in [3.8, 4) is 17.1 Å². The van der Waals surface area contributed by atoms with Crippen molar-refractivity contribution in [2.75, 3.05) is 0 Å². The van der Waals surface area contributed by atoms with Crippen molar-refractivity contribution in [2.45, 2.75) is 5.16 Å². The molecule has 0 aliphatic heterocycles. The molecule has 106 valence electrons. The first-order chi connectivity index (χ1) is 10.1. The van der Waals surface area contributed by atoms with E-state index in [1.165, 1.54) is 4.68 Å². The summed E-state index contributed by atoms with van der Waals surface area (Å²) in [5.41, 5.74) is 1.46. The van der Waals surface area contributed by atoms with Crippen LogP contribution in [-0.2, 0) is 10.0 Å². The number of hydrogen-bond acceptors (Lipinski definition) is 4. The van der Waals surface area contributed by atoms with Crippen LogP contribution >= 0.6 is 0 Å². The van der Waals surface area contributed by atoms with Crippen LogP contribution in [0.2, 0.25) is 0 Å². The molecule has 3 rings (SSSR count). The third-order valence-corrected chi connectivity index (χ3v) is 3.56. The fraction of sp³-hybridized carbons (Fsp3) is 0. The number of aromatic nitrogens is 3. The lowest BCUT2D eigenvalue weighted by molar-refractivity contribution is 0.588. The van der Waals surface area contributed by atoms with Gasteiger partial charge in [0.1, 0.15) is 0 Å². The monoisotopic (exact) mass is 300 g/mol. The lowest BCUT2D eigenvalue weighted by atomic mass is 10.2. The van der Waals surface area contributed by atoms with Gasteiger partial charge in [-0.2, -0.15) is 4.98 Å². The molecular weight excluding hydrogens is 288 g/mol. The van der Waals surface area contributed by atoms with Crippen molar-refractivity contribution in [1.82, 2.24) is 14.8 Å². The highest BCUT2D eigenvalue weighted by atomic mass is 32.2. The molecular formula is C14H12N4O2S. The first kappa shape index (κ1) is 13.5. The average Bonchev–Trinajstić information content (AvgIpc) is 2.94. The fourth-order valence-corrected chi connectivity index (χ4v) is 2.35. The summed E-state index contributed by atoms with van der Waals surface area (Å²) in [5.74, 6) is 0.422. The molecule has 6 nitrogen and oxygen atoms in total. The molecule has 0 atom stereocenters. The largest absolute Gasteiger partial charge is 0.282 e. The van der Waals surface area contributed by atoms with Gasteiger partial charge in [-0.25, -0.2) is 18.2 Å². The predicted molar refractivity (Wildman–Crippen MR) is 78.2 cm³/mol. The van der Waals surface area contributed by atoms with Crippen LogP contribution in [0, 0.1) is 0 Å². The summed E-state index contributed by atoms with van der Waals surface area (Å²) in [5, 5.41) is 8.75. The topological polar surface area (TPSA) is 90.9 Å². The van der Waals surface area contributed by atoms with Gasteiger partial charge >= 0.3 is 0 Å². The van der Waals surface area contributed by atoms with Gasteiger partial charge in [0, 0.05) is 5.56 Å². The van der Waals surface area contributed by atoms with Crippen LogP contribution in [-0.4, -0.2) is 23.2 Å². The summed E-state index contributed by atoms with van der Waals surface area (Å²) in [6, 6.07) is 18.4. The van der Waals surface area contributed by atoms with Gasteiger partial charge in [0.2, 0.25) is 0 Å². The second kappa shape index (κ2) is 5.12. The molecule has 3 aromatic rings. The van der Waals surface area contributed by atoms with Crippen molar-refractivity contribution in [3.05, 3.63) is 60.7 Å². The number of nitrogens with zero attached hydrogens (tertiary/aromatic N) is 3. The van der Waals surface area contributed by atoms with Gasteiger partial charge in [0.15, 0.2) is 5.82 Å². The minimum absolute atomic E-state index is 0.398. The van der Waals surface area contributed by atoms with E-state index < -0.39 is 15.2 Å². The highest BCUT2D eigenvalue weighted by molar-refractivity contribution is 7.89. The lowest BCUT2D eigenvalue weighted by Gasteiger charge is -2.05. The molecule has 0 bridgehead atoms. The van der Waals surface area contributed by atoms with Gasteiger partial charge in [0.25, 0.3) is 15.2 Å². The molecule has 0 spiro atoms. The summed E-state index contributed by atoms with van der Waals surface area (Å²) < 4.78 is 24.5. The van der Waals surface area contributed by atoms with Crippen molar-refractivity contribution < 1.29 is 8.42 Å². The van der Waals surface area contributed by atoms with Crippen LogP contribution in [0.3, 0.4) is 0 Å². The molecule has 2 aromatic carbocycles. The van der Waals surface area contributed by atoms with E-state index in [4.69, 9.17) is 5.14 Å². The molecule has 0 saturated heterocycles. The van der Waals surface area contributed by atoms with E-state index in [1.54, 1.807) is 0 Å². The Morgan fingerprint density at radius 2 is 1.48 bits per heavy atom. The minimum Gasteiger partial charge on any atom is -0.222 e. The highest BCUT2D eigenvalue weighted by Crippen LogP contribution is 2.21. The quantitative estimate of drug-likeness (QED) is 0.795. The van der Waals surface area contributed by atoms with E-state index in [0.717, 1.165) is 5.56 Å². The SMILES string of the molecule is NS(=O)(=O)c1nc(-c2ccccc2)n(-c2ccccc2)n1. The minimum atomic E-state index is -3.96. The predicted octanol–water partition coefficient (Wildman–Crippen LogP) is 1.58. The Kier molecular flexibility index (Phi) is 3.28. The number of rotatable bonds is 3. The van der Waals surface area contributed by atoms with E-state index in [-0.39, 0.29) is 0 Å². The maximum absolute atomic E-state index is 11.5. The molecule has 0 unspecified atom stereocenters.